The second-order valence-electron chi connectivity index (χ2n) is 3.50. The molecule has 8 heteroatoms. The number of hydrogen-bond acceptors (Lipinski definition) is 5. The van der Waals surface area contributed by atoms with Crippen molar-refractivity contribution in [2.24, 2.45) is 0 Å². The van der Waals surface area contributed by atoms with Crippen molar-refractivity contribution in [3.8, 4) is 5.75 Å². The van der Waals surface area contributed by atoms with Gasteiger partial charge in [0.2, 0.25) is 0 Å². The van der Waals surface area contributed by atoms with Gasteiger partial charge in [-0.05, 0) is 24.3 Å². The topological polar surface area (TPSA) is 54.4 Å². The zero-order valence-corrected chi connectivity index (χ0v) is 10.3. The van der Waals surface area contributed by atoms with Crippen LogP contribution in [0.25, 0.3) is 0 Å². The molecule has 0 atom stereocenters. The van der Waals surface area contributed by atoms with E-state index in [1.807, 2.05) is 0 Å². The first-order chi connectivity index (χ1) is 8.96. The first kappa shape index (κ1) is 13.6. The van der Waals surface area contributed by atoms with Gasteiger partial charge in [-0.15, -0.1) is 24.5 Å². The largest absolute Gasteiger partial charge is 0.573 e. The molecule has 0 aliphatic rings. The van der Waals surface area contributed by atoms with Crippen LogP contribution in [-0.4, -0.2) is 16.5 Å². The summed E-state index contributed by atoms with van der Waals surface area (Å²) in [4.78, 5) is 4.05. The molecule has 102 valence electrons. The van der Waals surface area contributed by atoms with E-state index in [4.69, 9.17) is 5.11 Å². The maximum Gasteiger partial charge on any atom is 0.573 e. The van der Waals surface area contributed by atoms with Gasteiger partial charge in [0.1, 0.15) is 5.75 Å². The Morgan fingerprint density at radius 3 is 2.47 bits per heavy atom. The second-order valence-corrected chi connectivity index (χ2v) is 4.36. The van der Waals surface area contributed by atoms with Crippen LogP contribution in [0.1, 0.15) is 5.69 Å². The Bertz CT molecular complexity index is 540. The number of aliphatic hydroxyl groups excluding tert-OH is 1. The lowest BCUT2D eigenvalue weighted by Crippen LogP contribution is -2.16. The van der Waals surface area contributed by atoms with E-state index in [9.17, 15) is 13.2 Å². The van der Waals surface area contributed by atoms with Gasteiger partial charge in [0, 0.05) is 11.1 Å². The van der Waals surface area contributed by atoms with Crippen molar-refractivity contribution in [2.75, 3.05) is 5.32 Å². The van der Waals surface area contributed by atoms with Gasteiger partial charge in [0.25, 0.3) is 0 Å². The Balaban J connectivity index is 2.02. The zero-order chi connectivity index (χ0) is 13.9. The van der Waals surface area contributed by atoms with Crippen molar-refractivity contribution >= 4 is 22.2 Å². The molecule has 0 amide bonds. The molecule has 0 saturated heterocycles. The third-order valence-electron chi connectivity index (χ3n) is 2.05. The minimum Gasteiger partial charge on any atom is -0.406 e. The molecule has 0 spiro atoms. The Labute approximate surface area is 110 Å². The second kappa shape index (κ2) is 5.45. The third kappa shape index (κ3) is 4.11. The molecule has 1 aromatic heterocycles. The van der Waals surface area contributed by atoms with Crippen LogP contribution in [-0.2, 0) is 6.61 Å². The summed E-state index contributed by atoms with van der Waals surface area (Å²) in [7, 11) is 0. The fourth-order valence-corrected chi connectivity index (χ4v) is 2.02. The van der Waals surface area contributed by atoms with Crippen molar-refractivity contribution in [1.29, 1.82) is 0 Å². The summed E-state index contributed by atoms with van der Waals surface area (Å²) < 4.78 is 39.6. The van der Waals surface area contributed by atoms with Crippen molar-refractivity contribution < 1.29 is 23.0 Å². The lowest BCUT2D eigenvalue weighted by atomic mass is 10.3. The van der Waals surface area contributed by atoms with E-state index >= 15 is 0 Å². The number of aliphatic hydroxyl groups is 1. The Kier molecular flexibility index (Phi) is 3.91. The molecule has 2 rings (SSSR count). The monoisotopic (exact) mass is 290 g/mol. The van der Waals surface area contributed by atoms with Crippen LogP contribution in [0.4, 0.5) is 24.0 Å². The highest BCUT2D eigenvalue weighted by molar-refractivity contribution is 7.13. The summed E-state index contributed by atoms with van der Waals surface area (Å²) >= 11 is 1.29. The van der Waals surface area contributed by atoms with Crippen LogP contribution in [0, 0.1) is 0 Å². The first-order valence-electron chi connectivity index (χ1n) is 5.14. The minimum atomic E-state index is -4.69. The number of aromatic nitrogens is 1. The van der Waals surface area contributed by atoms with Crippen LogP contribution >= 0.6 is 11.3 Å². The van der Waals surface area contributed by atoms with Gasteiger partial charge in [-0.2, -0.15) is 0 Å². The molecule has 0 fully saturated rings. The van der Waals surface area contributed by atoms with E-state index < -0.39 is 6.36 Å². The number of thiazole rings is 1. The quantitative estimate of drug-likeness (QED) is 0.907. The SMILES string of the molecule is OCc1csc(Nc2ccc(OC(F)(F)F)cc2)n1. The zero-order valence-electron chi connectivity index (χ0n) is 9.44. The minimum absolute atomic E-state index is 0.156. The van der Waals surface area contributed by atoms with Crippen molar-refractivity contribution in [1.82, 2.24) is 4.98 Å². The molecule has 4 nitrogen and oxygen atoms in total. The molecule has 0 aliphatic heterocycles. The Morgan fingerprint density at radius 2 is 1.95 bits per heavy atom. The lowest BCUT2D eigenvalue weighted by Gasteiger charge is -2.09. The summed E-state index contributed by atoms with van der Waals surface area (Å²) in [5, 5.41) is 14.0. The van der Waals surface area contributed by atoms with Crippen LogP contribution in [0.3, 0.4) is 0 Å². The number of rotatable bonds is 4. The Hall–Kier alpha value is -1.80. The standard InChI is InChI=1S/C11H9F3N2O2S/c12-11(13,14)18-9-3-1-7(2-4-9)15-10-16-8(5-17)6-19-10/h1-4,6,17H,5H2,(H,15,16). The van der Waals surface area contributed by atoms with Gasteiger partial charge in [-0.3, -0.25) is 0 Å². The fourth-order valence-electron chi connectivity index (χ4n) is 1.30. The summed E-state index contributed by atoms with van der Waals surface area (Å²) in [5.41, 5.74) is 1.11. The molecule has 19 heavy (non-hydrogen) atoms. The van der Waals surface area contributed by atoms with Gasteiger partial charge < -0.3 is 15.2 Å². The summed E-state index contributed by atoms with van der Waals surface area (Å²) in [6.07, 6.45) is -4.69. The normalized spacial score (nSPS) is 11.4. The van der Waals surface area contributed by atoms with E-state index in [1.165, 1.54) is 35.6 Å². The van der Waals surface area contributed by atoms with E-state index in [0.29, 0.717) is 16.5 Å². The highest BCUT2D eigenvalue weighted by Crippen LogP contribution is 2.26. The summed E-state index contributed by atoms with van der Waals surface area (Å²) in [5.74, 6) is -0.284. The molecule has 2 aromatic rings. The summed E-state index contributed by atoms with van der Waals surface area (Å²) in [6.45, 7) is -0.156. The maximum atomic E-state index is 12.0. The van der Waals surface area contributed by atoms with Crippen LogP contribution in [0.2, 0.25) is 0 Å². The average molecular weight is 290 g/mol. The molecule has 1 aromatic carbocycles. The predicted octanol–water partition coefficient (Wildman–Crippen LogP) is 3.28. The van der Waals surface area contributed by atoms with Crippen molar-refractivity contribution in [3.05, 3.63) is 35.3 Å². The molecule has 0 radical (unpaired) electrons. The number of anilines is 2. The smallest absolute Gasteiger partial charge is 0.406 e. The van der Waals surface area contributed by atoms with E-state index in [1.54, 1.807) is 5.38 Å². The average Bonchev–Trinajstić information content (AvgIpc) is 2.77. The Morgan fingerprint density at radius 1 is 1.26 bits per heavy atom. The molecular formula is C11H9F3N2O2S. The maximum absolute atomic E-state index is 12.0. The molecule has 0 bridgehead atoms. The van der Waals surface area contributed by atoms with Crippen LogP contribution in [0.5, 0.6) is 5.75 Å². The molecular weight excluding hydrogens is 281 g/mol. The lowest BCUT2D eigenvalue weighted by molar-refractivity contribution is -0.274. The fraction of sp³-hybridized carbons (Fsp3) is 0.182. The predicted molar refractivity (Wildman–Crippen MR) is 64.4 cm³/mol. The number of halogens is 3. The van der Waals surface area contributed by atoms with Gasteiger partial charge >= 0.3 is 6.36 Å². The van der Waals surface area contributed by atoms with Crippen LogP contribution in [0.15, 0.2) is 29.6 Å². The molecule has 0 aliphatic carbocycles. The molecule has 0 unspecified atom stereocenters. The van der Waals surface area contributed by atoms with Gasteiger partial charge in [-0.1, -0.05) is 0 Å². The van der Waals surface area contributed by atoms with Gasteiger partial charge in [0.05, 0.1) is 12.3 Å². The number of nitrogens with zero attached hydrogens (tertiary/aromatic N) is 1. The van der Waals surface area contributed by atoms with Crippen LogP contribution < -0.4 is 10.1 Å². The molecule has 1 heterocycles. The highest BCUT2D eigenvalue weighted by atomic mass is 32.1. The van der Waals surface area contributed by atoms with E-state index in [2.05, 4.69) is 15.0 Å². The first-order valence-corrected chi connectivity index (χ1v) is 6.02. The van der Waals surface area contributed by atoms with E-state index in [0.717, 1.165) is 0 Å². The molecule has 0 saturated carbocycles. The van der Waals surface area contributed by atoms with Crippen molar-refractivity contribution in [3.63, 3.8) is 0 Å². The number of ether oxygens (including phenoxy) is 1. The number of hydrogen-bond donors (Lipinski definition) is 2. The van der Waals surface area contributed by atoms with Gasteiger partial charge in [-0.25, -0.2) is 4.98 Å². The summed E-state index contributed by atoms with van der Waals surface area (Å²) in [6, 6.07) is 5.30. The highest BCUT2D eigenvalue weighted by Gasteiger charge is 2.30. The van der Waals surface area contributed by atoms with E-state index in [-0.39, 0.29) is 12.4 Å². The van der Waals surface area contributed by atoms with Crippen molar-refractivity contribution in [2.45, 2.75) is 13.0 Å². The number of alkyl halides is 3. The number of nitrogens with one attached hydrogen (secondary N) is 1. The third-order valence-corrected chi connectivity index (χ3v) is 2.86. The van der Waals surface area contributed by atoms with Gasteiger partial charge in [0.15, 0.2) is 5.13 Å². The molecule has 2 N–H and O–H groups in total. The number of benzene rings is 1.